The highest BCUT2D eigenvalue weighted by atomic mass is 16.5. The van der Waals surface area contributed by atoms with Crippen LogP contribution < -0.4 is 5.32 Å². The highest BCUT2D eigenvalue weighted by molar-refractivity contribution is 5.74. The van der Waals surface area contributed by atoms with Gasteiger partial charge in [-0.15, -0.1) is 0 Å². The lowest BCUT2D eigenvalue weighted by atomic mass is 10.2. The summed E-state index contributed by atoms with van der Waals surface area (Å²) >= 11 is 0. The molecule has 2 aromatic heterocycles. The number of urea groups is 1. The number of pyridine rings is 1. The second kappa shape index (κ2) is 7.78. The number of aromatic nitrogens is 1. The maximum Gasteiger partial charge on any atom is 0.318 e. The van der Waals surface area contributed by atoms with Gasteiger partial charge in [0.1, 0.15) is 0 Å². The number of furan rings is 1. The summed E-state index contributed by atoms with van der Waals surface area (Å²) in [6.45, 7) is 2.37. The van der Waals surface area contributed by atoms with Crippen molar-refractivity contribution in [1.82, 2.24) is 15.2 Å². The fourth-order valence-electron chi connectivity index (χ4n) is 2.64. The van der Waals surface area contributed by atoms with Gasteiger partial charge in [0.2, 0.25) is 0 Å². The van der Waals surface area contributed by atoms with Crippen LogP contribution in [0.4, 0.5) is 4.79 Å². The van der Waals surface area contributed by atoms with Crippen LogP contribution in [0.15, 0.2) is 47.5 Å². The molecule has 6 heteroatoms. The van der Waals surface area contributed by atoms with Crippen molar-refractivity contribution >= 4 is 6.03 Å². The first-order chi connectivity index (χ1) is 11.3. The Morgan fingerprint density at radius 1 is 1.30 bits per heavy atom. The first kappa shape index (κ1) is 15.6. The van der Waals surface area contributed by atoms with E-state index < -0.39 is 0 Å². The van der Waals surface area contributed by atoms with Gasteiger partial charge < -0.3 is 19.4 Å². The fraction of sp³-hybridized carbons (Fsp3) is 0.412. The number of amides is 2. The van der Waals surface area contributed by atoms with E-state index in [0.717, 1.165) is 30.6 Å². The third kappa shape index (κ3) is 4.56. The maximum absolute atomic E-state index is 12.5. The standard InChI is InChI=1S/C17H21N3O3/c21-17(19-10-15-5-9-22-13-15)20(12-16-2-1-8-23-16)11-14-3-6-18-7-4-14/h3-7,9,13,16H,1-2,8,10-12H2,(H,19,21)/t16-/m1/s1. The van der Waals surface area contributed by atoms with Crippen molar-refractivity contribution in [3.8, 4) is 0 Å². The van der Waals surface area contributed by atoms with Crippen LogP contribution in [0, 0.1) is 0 Å². The summed E-state index contributed by atoms with van der Waals surface area (Å²) in [5.41, 5.74) is 2.00. The summed E-state index contributed by atoms with van der Waals surface area (Å²) in [6, 6.07) is 5.59. The molecule has 0 aromatic carbocycles. The van der Waals surface area contributed by atoms with Gasteiger partial charge in [0.05, 0.1) is 18.6 Å². The molecule has 6 nitrogen and oxygen atoms in total. The molecule has 1 atom stereocenters. The van der Waals surface area contributed by atoms with Crippen molar-refractivity contribution in [2.45, 2.75) is 32.0 Å². The largest absolute Gasteiger partial charge is 0.472 e. The molecule has 0 radical (unpaired) electrons. The van der Waals surface area contributed by atoms with E-state index in [1.807, 2.05) is 18.2 Å². The van der Waals surface area contributed by atoms with Crippen LogP contribution in [0.1, 0.15) is 24.0 Å². The summed E-state index contributed by atoms with van der Waals surface area (Å²) in [5, 5.41) is 2.94. The molecule has 1 aliphatic heterocycles. The van der Waals surface area contributed by atoms with Crippen molar-refractivity contribution in [2.75, 3.05) is 13.2 Å². The van der Waals surface area contributed by atoms with Crippen molar-refractivity contribution in [3.05, 3.63) is 54.2 Å². The van der Waals surface area contributed by atoms with Crippen LogP contribution in [0.25, 0.3) is 0 Å². The first-order valence-electron chi connectivity index (χ1n) is 7.85. The molecule has 122 valence electrons. The molecule has 1 fully saturated rings. The Morgan fingerprint density at radius 3 is 2.87 bits per heavy atom. The Morgan fingerprint density at radius 2 is 2.17 bits per heavy atom. The summed E-state index contributed by atoms with van der Waals surface area (Å²) in [6.07, 6.45) is 8.89. The molecule has 1 N–H and O–H groups in total. The number of nitrogens with zero attached hydrogens (tertiary/aromatic N) is 2. The molecule has 3 rings (SSSR count). The lowest BCUT2D eigenvalue weighted by Gasteiger charge is -2.25. The lowest BCUT2D eigenvalue weighted by molar-refractivity contribution is 0.0794. The third-order valence-electron chi connectivity index (χ3n) is 3.88. The van der Waals surface area contributed by atoms with Crippen LogP contribution in [0.3, 0.4) is 0 Å². The van der Waals surface area contributed by atoms with Crippen molar-refractivity contribution in [1.29, 1.82) is 0 Å². The number of rotatable bonds is 6. The molecule has 23 heavy (non-hydrogen) atoms. The lowest BCUT2D eigenvalue weighted by Crippen LogP contribution is -2.43. The monoisotopic (exact) mass is 315 g/mol. The molecule has 0 bridgehead atoms. The van der Waals surface area contributed by atoms with Gasteiger partial charge in [-0.1, -0.05) is 0 Å². The molecular formula is C17H21N3O3. The molecule has 2 aromatic rings. The van der Waals surface area contributed by atoms with E-state index >= 15 is 0 Å². The van der Waals surface area contributed by atoms with Crippen LogP contribution in [-0.4, -0.2) is 35.2 Å². The molecule has 1 aliphatic rings. The van der Waals surface area contributed by atoms with E-state index in [2.05, 4.69) is 10.3 Å². The van der Waals surface area contributed by atoms with E-state index in [0.29, 0.717) is 19.6 Å². The average molecular weight is 315 g/mol. The number of nitrogens with one attached hydrogen (secondary N) is 1. The predicted molar refractivity (Wildman–Crippen MR) is 84.6 cm³/mol. The number of hydrogen-bond acceptors (Lipinski definition) is 4. The minimum Gasteiger partial charge on any atom is -0.472 e. The zero-order valence-corrected chi connectivity index (χ0v) is 13.0. The molecule has 0 unspecified atom stereocenters. The summed E-state index contributed by atoms with van der Waals surface area (Å²) < 4.78 is 10.7. The van der Waals surface area contributed by atoms with Gasteiger partial charge in [-0.3, -0.25) is 4.98 Å². The minimum absolute atomic E-state index is 0.0986. The average Bonchev–Trinajstić information content (AvgIpc) is 3.26. The topological polar surface area (TPSA) is 67.6 Å². The SMILES string of the molecule is O=C(NCc1ccoc1)N(Cc1ccncc1)C[C@H]1CCCO1. The fourth-order valence-corrected chi connectivity index (χ4v) is 2.64. The molecule has 0 spiro atoms. The molecule has 1 saturated heterocycles. The minimum atomic E-state index is -0.0986. The van der Waals surface area contributed by atoms with E-state index in [9.17, 15) is 4.79 Å². The van der Waals surface area contributed by atoms with Crippen molar-refractivity contribution in [2.24, 2.45) is 0 Å². The van der Waals surface area contributed by atoms with Crippen LogP contribution in [0.5, 0.6) is 0 Å². The van der Waals surface area contributed by atoms with E-state index in [-0.39, 0.29) is 12.1 Å². The van der Waals surface area contributed by atoms with Crippen LogP contribution in [0.2, 0.25) is 0 Å². The Bertz CT molecular complexity index is 595. The van der Waals surface area contributed by atoms with Crippen LogP contribution >= 0.6 is 0 Å². The van der Waals surface area contributed by atoms with Crippen molar-refractivity contribution in [3.63, 3.8) is 0 Å². The predicted octanol–water partition coefficient (Wildman–Crippen LogP) is 2.57. The second-order valence-electron chi connectivity index (χ2n) is 5.66. The first-order valence-corrected chi connectivity index (χ1v) is 7.85. The summed E-state index contributed by atoms with van der Waals surface area (Å²) in [5.74, 6) is 0. The highest BCUT2D eigenvalue weighted by Gasteiger charge is 2.22. The van der Waals surface area contributed by atoms with Gasteiger partial charge >= 0.3 is 6.03 Å². The van der Waals surface area contributed by atoms with E-state index in [1.54, 1.807) is 29.8 Å². The summed E-state index contributed by atoms with van der Waals surface area (Å²) in [7, 11) is 0. The molecular weight excluding hydrogens is 294 g/mol. The van der Waals surface area contributed by atoms with E-state index in [1.165, 1.54) is 0 Å². The van der Waals surface area contributed by atoms with E-state index in [4.69, 9.17) is 9.15 Å². The smallest absolute Gasteiger partial charge is 0.318 e. The van der Waals surface area contributed by atoms with Gasteiger partial charge in [-0.2, -0.15) is 0 Å². The normalized spacial score (nSPS) is 17.1. The van der Waals surface area contributed by atoms with Gasteiger partial charge in [0.15, 0.2) is 0 Å². The molecule has 0 saturated carbocycles. The highest BCUT2D eigenvalue weighted by Crippen LogP contribution is 2.15. The van der Waals surface area contributed by atoms with Gasteiger partial charge in [-0.25, -0.2) is 4.79 Å². The zero-order valence-electron chi connectivity index (χ0n) is 13.0. The summed E-state index contributed by atoms with van der Waals surface area (Å²) in [4.78, 5) is 18.4. The molecule has 2 amide bonds. The Hall–Kier alpha value is -2.34. The molecule has 3 heterocycles. The Labute approximate surface area is 135 Å². The number of carbonyl (C=O) groups excluding carboxylic acids is 1. The third-order valence-corrected chi connectivity index (χ3v) is 3.88. The second-order valence-corrected chi connectivity index (χ2v) is 5.66. The Kier molecular flexibility index (Phi) is 5.26. The number of carbonyl (C=O) groups is 1. The van der Waals surface area contributed by atoms with Gasteiger partial charge in [-0.05, 0) is 36.6 Å². The number of ether oxygens (including phenoxy) is 1. The van der Waals surface area contributed by atoms with Gasteiger partial charge in [0.25, 0.3) is 0 Å². The quantitative estimate of drug-likeness (QED) is 0.889. The van der Waals surface area contributed by atoms with Crippen LogP contribution in [-0.2, 0) is 17.8 Å². The maximum atomic E-state index is 12.5. The zero-order chi connectivity index (χ0) is 15.9. The van der Waals surface area contributed by atoms with Gasteiger partial charge in [0, 0.05) is 44.2 Å². The Balaban J connectivity index is 1.61. The van der Waals surface area contributed by atoms with Crippen molar-refractivity contribution < 1.29 is 13.9 Å². The molecule has 0 aliphatic carbocycles. The number of hydrogen-bond donors (Lipinski definition) is 1.